The molecule has 1 aromatic rings. The first-order valence-corrected chi connectivity index (χ1v) is 6.06. The third-order valence-electron chi connectivity index (χ3n) is 2.57. The van der Waals surface area contributed by atoms with Crippen molar-refractivity contribution in [2.24, 2.45) is 5.92 Å². The molecule has 0 bridgehead atoms. The standard InChI is InChI=1S/C10H19N3S/c1-4-8(2)9(11-3)7-14-10-12-5-6-13-10/h5-6,8-9,11H,4,7H2,1-3H3,(H,12,13). The third kappa shape index (κ3) is 3.35. The van der Waals surface area contributed by atoms with Crippen molar-refractivity contribution in [2.45, 2.75) is 31.5 Å². The summed E-state index contributed by atoms with van der Waals surface area (Å²) in [5.74, 6) is 1.78. The molecule has 0 fully saturated rings. The predicted octanol–water partition coefficient (Wildman–Crippen LogP) is 2.14. The van der Waals surface area contributed by atoms with E-state index in [0.29, 0.717) is 12.0 Å². The van der Waals surface area contributed by atoms with Gasteiger partial charge in [0.15, 0.2) is 5.16 Å². The Labute approximate surface area is 90.1 Å². The molecule has 14 heavy (non-hydrogen) atoms. The van der Waals surface area contributed by atoms with Crippen molar-refractivity contribution < 1.29 is 0 Å². The van der Waals surface area contributed by atoms with E-state index in [-0.39, 0.29) is 0 Å². The van der Waals surface area contributed by atoms with Crippen LogP contribution in [0, 0.1) is 5.92 Å². The van der Waals surface area contributed by atoms with E-state index in [1.54, 1.807) is 18.0 Å². The van der Waals surface area contributed by atoms with E-state index in [2.05, 4.69) is 29.1 Å². The zero-order chi connectivity index (χ0) is 10.4. The van der Waals surface area contributed by atoms with Crippen LogP contribution < -0.4 is 5.32 Å². The minimum Gasteiger partial charge on any atom is -0.340 e. The van der Waals surface area contributed by atoms with Gasteiger partial charge < -0.3 is 10.3 Å². The highest BCUT2D eigenvalue weighted by atomic mass is 32.2. The fraction of sp³-hybridized carbons (Fsp3) is 0.700. The first-order chi connectivity index (χ1) is 6.77. The zero-order valence-electron chi connectivity index (χ0n) is 9.08. The molecule has 1 heterocycles. The molecule has 1 aromatic heterocycles. The molecule has 0 saturated heterocycles. The van der Waals surface area contributed by atoms with E-state index < -0.39 is 0 Å². The van der Waals surface area contributed by atoms with Gasteiger partial charge in [-0.1, -0.05) is 32.0 Å². The van der Waals surface area contributed by atoms with E-state index in [4.69, 9.17) is 0 Å². The molecule has 0 spiro atoms. The molecule has 0 aromatic carbocycles. The summed E-state index contributed by atoms with van der Waals surface area (Å²) in [6.45, 7) is 4.51. The summed E-state index contributed by atoms with van der Waals surface area (Å²) in [6.07, 6.45) is 4.87. The van der Waals surface area contributed by atoms with E-state index >= 15 is 0 Å². The van der Waals surface area contributed by atoms with Gasteiger partial charge in [0.2, 0.25) is 0 Å². The van der Waals surface area contributed by atoms with Crippen LogP contribution in [-0.4, -0.2) is 28.8 Å². The van der Waals surface area contributed by atoms with Gasteiger partial charge in [0.05, 0.1) is 0 Å². The van der Waals surface area contributed by atoms with Crippen LogP contribution in [0.5, 0.6) is 0 Å². The molecule has 2 atom stereocenters. The van der Waals surface area contributed by atoms with Gasteiger partial charge in [0, 0.05) is 24.2 Å². The van der Waals surface area contributed by atoms with Gasteiger partial charge in [0.25, 0.3) is 0 Å². The van der Waals surface area contributed by atoms with Crippen LogP contribution in [-0.2, 0) is 0 Å². The Hall–Kier alpha value is -0.480. The number of hydrogen-bond donors (Lipinski definition) is 2. The van der Waals surface area contributed by atoms with Gasteiger partial charge in [-0.2, -0.15) is 0 Å². The number of nitrogens with zero attached hydrogens (tertiary/aromatic N) is 1. The Kier molecular flexibility index (Phi) is 5.04. The number of aromatic nitrogens is 2. The normalized spacial score (nSPS) is 15.4. The maximum atomic E-state index is 4.19. The zero-order valence-corrected chi connectivity index (χ0v) is 9.90. The molecular formula is C10H19N3S. The fourth-order valence-electron chi connectivity index (χ4n) is 1.32. The third-order valence-corrected chi connectivity index (χ3v) is 3.60. The van der Waals surface area contributed by atoms with E-state index in [0.717, 1.165) is 10.9 Å². The molecule has 3 nitrogen and oxygen atoms in total. The van der Waals surface area contributed by atoms with Gasteiger partial charge in [0.1, 0.15) is 0 Å². The quantitative estimate of drug-likeness (QED) is 0.711. The van der Waals surface area contributed by atoms with E-state index in [1.165, 1.54) is 6.42 Å². The molecule has 0 radical (unpaired) electrons. The van der Waals surface area contributed by atoms with Crippen LogP contribution in [0.3, 0.4) is 0 Å². The van der Waals surface area contributed by atoms with Gasteiger partial charge in [-0.3, -0.25) is 0 Å². The lowest BCUT2D eigenvalue weighted by Gasteiger charge is -2.21. The summed E-state index contributed by atoms with van der Waals surface area (Å²) >= 11 is 1.77. The van der Waals surface area contributed by atoms with Gasteiger partial charge >= 0.3 is 0 Å². The summed E-state index contributed by atoms with van der Waals surface area (Å²) in [4.78, 5) is 7.28. The van der Waals surface area contributed by atoms with Crippen LogP contribution in [0.15, 0.2) is 17.6 Å². The van der Waals surface area contributed by atoms with Crippen LogP contribution in [0.25, 0.3) is 0 Å². The smallest absolute Gasteiger partial charge is 0.165 e. The summed E-state index contributed by atoms with van der Waals surface area (Å²) in [7, 11) is 2.03. The average molecular weight is 213 g/mol. The molecule has 0 aliphatic carbocycles. The Balaban J connectivity index is 2.34. The lowest BCUT2D eigenvalue weighted by Crippen LogP contribution is -2.34. The Bertz CT molecular complexity index is 236. The molecule has 2 N–H and O–H groups in total. The first kappa shape index (κ1) is 11.6. The van der Waals surface area contributed by atoms with Crippen LogP contribution in [0.1, 0.15) is 20.3 Å². The molecule has 0 amide bonds. The lowest BCUT2D eigenvalue weighted by molar-refractivity contribution is 0.420. The molecule has 2 unspecified atom stereocenters. The van der Waals surface area contributed by atoms with E-state index in [1.807, 2.05) is 13.2 Å². The SMILES string of the molecule is CCC(C)C(CSc1ncc[nH]1)NC. The molecular weight excluding hydrogens is 194 g/mol. The van der Waals surface area contributed by atoms with Crippen LogP contribution in [0.2, 0.25) is 0 Å². The molecule has 0 aliphatic heterocycles. The average Bonchev–Trinajstić information content (AvgIpc) is 2.71. The largest absolute Gasteiger partial charge is 0.340 e. The summed E-state index contributed by atoms with van der Waals surface area (Å²) in [5.41, 5.74) is 0. The number of aromatic amines is 1. The molecule has 0 saturated carbocycles. The summed E-state index contributed by atoms with van der Waals surface area (Å²) in [5, 5.41) is 4.36. The topological polar surface area (TPSA) is 40.7 Å². The van der Waals surface area contributed by atoms with E-state index in [9.17, 15) is 0 Å². The molecule has 4 heteroatoms. The number of hydrogen-bond acceptors (Lipinski definition) is 3. The maximum Gasteiger partial charge on any atom is 0.165 e. The monoisotopic (exact) mass is 213 g/mol. The van der Waals surface area contributed by atoms with Gasteiger partial charge in [-0.25, -0.2) is 4.98 Å². The molecule has 80 valence electrons. The summed E-state index contributed by atoms with van der Waals surface area (Å²) < 4.78 is 0. The minimum absolute atomic E-state index is 0.565. The van der Waals surface area contributed by atoms with Crippen molar-refractivity contribution in [3.8, 4) is 0 Å². The van der Waals surface area contributed by atoms with Crippen molar-refractivity contribution in [1.82, 2.24) is 15.3 Å². The number of rotatable bonds is 6. The van der Waals surface area contributed by atoms with Gasteiger partial charge in [-0.15, -0.1) is 0 Å². The number of H-pyrrole nitrogens is 1. The molecule has 0 aliphatic rings. The Morgan fingerprint density at radius 3 is 2.93 bits per heavy atom. The van der Waals surface area contributed by atoms with Crippen molar-refractivity contribution in [1.29, 1.82) is 0 Å². The van der Waals surface area contributed by atoms with Crippen LogP contribution in [0.4, 0.5) is 0 Å². The summed E-state index contributed by atoms with van der Waals surface area (Å²) in [6, 6.07) is 0.565. The second-order valence-corrected chi connectivity index (χ2v) is 4.49. The molecule has 1 rings (SSSR count). The highest BCUT2D eigenvalue weighted by Crippen LogP contribution is 2.17. The van der Waals surface area contributed by atoms with Crippen LogP contribution >= 0.6 is 11.8 Å². The number of imidazole rings is 1. The highest BCUT2D eigenvalue weighted by molar-refractivity contribution is 7.99. The van der Waals surface area contributed by atoms with Crippen molar-refractivity contribution in [3.63, 3.8) is 0 Å². The first-order valence-electron chi connectivity index (χ1n) is 5.07. The fourth-order valence-corrected chi connectivity index (χ4v) is 2.43. The maximum absolute atomic E-state index is 4.19. The van der Waals surface area contributed by atoms with Crippen molar-refractivity contribution in [3.05, 3.63) is 12.4 Å². The minimum atomic E-state index is 0.565. The Morgan fingerprint density at radius 1 is 1.64 bits per heavy atom. The lowest BCUT2D eigenvalue weighted by atomic mass is 10.0. The number of nitrogens with one attached hydrogen (secondary N) is 2. The predicted molar refractivity (Wildman–Crippen MR) is 61.6 cm³/mol. The second-order valence-electron chi connectivity index (χ2n) is 3.49. The van der Waals surface area contributed by atoms with Crippen molar-refractivity contribution in [2.75, 3.05) is 12.8 Å². The highest BCUT2D eigenvalue weighted by Gasteiger charge is 2.13. The number of thioether (sulfide) groups is 1. The van der Waals surface area contributed by atoms with Crippen molar-refractivity contribution >= 4 is 11.8 Å². The van der Waals surface area contributed by atoms with Gasteiger partial charge in [-0.05, 0) is 13.0 Å². The Morgan fingerprint density at radius 2 is 2.43 bits per heavy atom. The second kappa shape index (κ2) is 6.09.